The molecule has 4 aliphatic rings. The highest BCUT2D eigenvalue weighted by atomic mass is 32.2. The number of benzene rings is 4. The molecule has 8 rings (SSSR count). The zero-order chi connectivity index (χ0) is 44.9. The minimum absolute atomic E-state index is 0.155. The lowest BCUT2D eigenvalue weighted by Crippen LogP contribution is -2.16. The highest BCUT2D eigenvalue weighted by Gasteiger charge is 2.25. The van der Waals surface area contributed by atoms with Crippen LogP contribution in [0, 0.1) is 0 Å². The number of hydrogen-bond acceptors (Lipinski definition) is 15. The molecule has 4 aliphatic heterocycles. The monoisotopic (exact) mass is 896 g/mol. The predicted molar refractivity (Wildman–Crippen MR) is 247 cm³/mol. The van der Waals surface area contributed by atoms with Gasteiger partial charge in [0.25, 0.3) is 0 Å². The van der Waals surface area contributed by atoms with Crippen LogP contribution in [0.1, 0.15) is 47.9 Å². The Balaban J connectivity index is 0.871. The van der Waals surface area contributed by atoms with E-state index in [1.54, 1.807) is 41.1 Å². The Kier molecular flexibility index (Phi) is 13.2. The van der Waals surface area contributed by atoms with E-state index in [0.29, 0.717) is 93.9 Å². The fourth-order valence-electron chi connectivity index (χ4n) is 7.36. The van der Waals surface area contributed by atoms with Gasteiger partial charge >= 0.3 is 0 Å². The third kappa shape index (κ3) is 9.40. The molecule has 4 aromatic rings. The summed E-state index contributed by atoms with van der Waals surface area (Å²) in [5.41, 5.74) is 17.7. The Morgan fingerprint density at radius 1 is 0.578 bits per heavy atom. The first-order chi connectivity index (χ1) is 31.0. The number of ketones is 1. The highest BCUT2D eigenvalue weighted by Crippen LogP contribution is 2.40. The number of anilines is 2. The van der Waals surface area contributed by atoms with Crippen molar-refractivity contribution in [3.05, 3.63) is 120 Å². The van der Waals surface area contributed by atoms with Gasteiger partial charge in [0, 0.05) is 24.9 Å². The van der Waals surface area contributed by atoms with E-state index in [2.05, 4.69) is 44.2 Å². The highest BCUT2D eigenvalue weighted by molar-refractivity contribution is 7.99. The number of nitrogen functional groups attached to an aromatic ring is 2. The summed E-state index contributed by atoms with van der Waals surface area (Å²) in [7, 11) is 6.48. The summed E-state index contributed by atoms with van der Waals surface area (Å²) in [6.45, 7) is 5.17. The molecular weight excluding hydrogens is 849 g/mol. The largest absolute Gasteiger partial charge is 0.497 e. The SMILES string of the molecule is COc1ccc(OC)c(Sc2nc3c(N)ncn(CCc4ccc(C(C)C(=O)C(C)c5ccc(CCn6cnc(N)c7nc(Sc8cc(OC)ccc8OC)nc6-7)cc5)cc4)c-3n2)c1. The second-order valence-corrected chi connectivity index (χ2v) is 17.1. The number of nitrogens with two attached hydrogens (primary N) is 2. The second kappa shape index (κ2) is 19.3. The maximum atomic E-state index is 13.8. The fourth-order valence-corrected chi connectivity index (χ4v) is 9.14. The van der Waals surface area contributed by atoms with E-state index in [4.69, 9.17) is 40.4 Å². The molecular formula is C47H48N10O5S2. The number of nitrogens with zero attached hydrogens (tertiary/aromatic N) is 8. The number of rotatable bonds is 18. The summed E-state index contributed by atoms with van der Waals surface area (Å²) < 4.78 is 25.8. The van der Waals surface area contributed by atoms with Crippen molar-refractivity contribution in [2.75, 3.05) is 39.9 Å². The van der Waals surface area contributed by atoms with Crippen LogP contribution in [0.2, 0.25) is 0 Å². The van der Waals surface area contributed by atoms with Crippen LogP contribution >= 0.6 is 23.5 Å². The molecule has 0 aliphatic carbocycles. The number of fused-ring (bicyclic) bond motifs is 2. The maximum Gasteiger partial charge on any atom is 0.195 e. The van der Waals surface area contributed by atoms with Crippen LogP contribution in [0.5, 0.6) is 23.0 Å². The van der Waals surface area contributed by atoms with Crippen molar-refractivity contribution >= 4 is 40.9 Å². The minimum atomic E-state index is -0.284. The number of methoxy groups -OCH3 is 4. The average Bonchev–Trinajstić information content (AvgIpc) is 3.96. The average molecular weight is 897 g/mol. The molecule has 0 saturated heterocycles. The van der Waals surface area contributed by atoms with Crippen molar-refractivity contribution in [2.24, 2.45) is 0 Å². The van der Waals surface area contributed by atoms with E-state index in [-0.39, 0.29) is 17.6 Å². The zero-order valence-corrected chi connectivity index (χ0v) is 37.9. The van der Waals surface area contributed by atoms with E-state index < -0.39 is 0 Å². The molecule has 328 valence electrons. The van der Waals surface area contributed by atoms with Crippen molar-refractivity contribution in [3.63, 3.8) is 0 Å². The van der Waals surface area contributed by atoms with Crippen LogP contribution in [0.25, 0.3) is 23.0 Å². The first kappa shape index (κ1) is 43.8. The molecule has 0 radical (unpaired) electrons. The van der Waals surface area contributed by atoms with Gasteiger partial charge in [0.2, 0.25) is 0 Å². The van der Waals surface area contributed by atoms with Gasteiger partial charge in [0.05, 0.1) is 50.9 Å². The van der Waals surface area contributed by atoms with E-state index in [1.807, 2.05) is 83.6 Å². The van der Waals surface area contributed by atoms with Crippen molar-refractivity contribution in [1.82, 2.24) is 39.0 Å². The molecule has 0 saturated carbocycles. The molecule has 0 fully saturated rings. The standard InChI is InChI=1S/C47H48N10O5S2/c1-27(31-11-7-29(8-12-31)19-21-56-25-50-42(48)39-44(56)54-46(52-39)63-37-23-33(59-3)15-17-35(37)61-5)41(58)28(2)32-13-9-30(10-14-32)20-22-57-26-51-43(49)40-45(57)55-47(53-40)64-38-24-34(60-4)16-18-36(38)62-6/h7-18,23-28H,19-22,48-49H2,1-6H3. The number of hydrogen-bond donors (Lipinski definition) is 2. The van der Waals surface area contributed by atoms with Gasteiger partial charge in [-0.15, -0.1) is 0 Å². The van der Waals surface area contributed by atoms with E-state index >= 15 is 0 Å². The van der Waals surface area contributed by atoms with Gasteiger partial charge in [0.15, 0.2) is 45.0 Å². The minimum Gasteiger partial charge on any atom is -0.497 e. The van der Waals surface area contributed by atoms with Gasteiger partial charge in [0.1, 0.15) is 28.8 Å². The van der Waals surface area contributed by atoms with Gasteiger partial charge in [-0.3, -0.25) is 4.79 Å². The quantitative estimate of drug-likeness (QED) is 0.0834. The van der Waals surface area contributed by atoms with Gasteiger partial charge in [-0.05, 0) is 95.0 Å². The molecule has 0 spiro atoms. The smallest absolute Gasteiger partial charge is 0.195 e. The number of aromatic nitrogens is 8. The third-order valence-electron chi connectivity index (χ3n) is 11.2. The number of carbonyl (C=O) groups excluding carboxylic acids is 1. The number of Topliss-reactive ketones (excluding diaryl/α,β-unsaturated/α-hetero) is 1. The lowest BCUT2D eigenvalue weighted by molar-refractivity contribution is -0.121. The van der Waals surface area contributed by atoms with Gasteiger partial charge in [-0.1, -0.05) is 62.4 Å². The summed E-state index contributed by atoms with van der Waals surface area (Å²) in [6, 6.07) is 27.6. The van der Waals surface area contributed by atoms with Gasteiger partial charge in [-0.2, -0.15) is 0 Å². The molecule has 0 amide bonds. The van der Waals surface area contributed by atoms with Crippen molar-refractivity contribution in [3.8, 4) is 46.0 Å². The maximum absolute atomic E-state index is 13.8. The van der Waals surface area contributed by atoms with Crippen LogP contribution in [0.15, 0.2) is 118 Å². The molecule has 2 atom stereocenters. The molecule has 4 aromatic carbocycles. The summed E-state index contributed by atoms with van der Waals surface area (Å²) in [4.78, 5) is 43.2. The van der Waals surface area contributed by atoms with Crippen molar-refractivity contribution < 1.29 is 23.7 Å². The topological polar surface area (TPSA) is 193 Å². The normalized spacial score (nSPS) is 12.3. The van der Waals surface area contributed by atoms with Crippen molar-refractivity contribution in [1.29, 1.82) is 0 Å². The van der Waals surface area contributed by atoms with E-state index in [0.717, 1.165) is 32.0 Å². The Bertz CT molecular complexity index is 2640. The Morgan fingerprint density at radius 2 is 0.984 bits per heavy atom. The predicted octanol–water partition coefficient (Wildman–Crippen LogP) is 8.33. The molecule has 17 heteroatoms. The molecule has 64 heavy (non-hydrogen) atoms. The molecule has 0 bridgehead atoms. The fraction of sp³-hybridized carbons (Fsp3) is 0.255. The van der Waals surface area contributed by atoms with E-state index in [1.165, 1.54) is 23.5 Å². The van der Waals surface area contributed by atoms with Gasteiger partial charge in [-0.25, -0.2) is 29.9 Å². The number of carbonyl (C=O) groups is 1. The Morgan fingerprint density at radius 3 is 1.36 bits per heavy atom. The summed E-state index contributed by atoms with van der Waals surface area (Å²) in [5, 5.41) is 1.06. The first-order valence-corrected chi connectivity index (χ1v) is 22.2. The first-order valence-electron chi connectivity index (χ1n) is 20.5. The Labute approximate surface area is 379 Å². The molecule has 4 heterocycles. The molecule has 2 unspecified atom stereocenters. The second-order valence-electron chi connectivity index (χ2n) is 15.1. The third-order valence-corrected chi connectivity index (χ3v) is 13.0. The van der Waals surface area contributed by atoms with Crippen LogP contribution in [-0.2, 0) is 30.7 Å². The van der Waals surface area contributed by atoms with Crippen LogP contribution in [0.3, 0.4) is 0 Å². The Hall–Kier alpha value is -6.85. The molecule has 0 aromatic heterocycles. The van der Waals surface area contributed by atoms with Crippen LogP contribution in [0.4, 0.5) is 11.6 Å². The number of aryl methyl sites for hydroxylation is 4. The summed E-state index contributed by atoms with van der Waals surface area (Å²) >= 11 is 2.74. The van der Waals surface area contributed by atoms with Gasteiger partial charge < -0.3 is 39.5 Å². The number of ether oxygens (including phenoxy) is 4. The lowest BCUT2D eigenvalue weighted by atomic mass is 9.85. The lowest BCUT2D eigenvalue weighted by Gasteiger charge is -2.18. The summed E-state index contributed by atoms with van der Waals surface area (Å²) in [6.07, 6.45) is 4.82. The van der Waals surface area contributed by atoms with Crippen LogP contribution < -0.4 is 30.4 Å². The zero-order valence-electron chi connectivity index (χ0n) is 36.3. The van der Waals surface area contributed by atoms with Crippen molar-refractivity contribution in [2.45, 2.75) is 71.7 Å². The molecule has 4 N–H and O–H groups in total. The molecule has 15 nitrogen and oxygen atoms in total. The van der Waals surface area contributed by atoms with E-state index in [9.17, 15) is 4.79 Å². The summed E-state index contributed by atoms with van der Waals surface area (Å²) in [5.74, 6) is 4.31. The number of imidazole rings is 2. The van der Waals surface area contributed by atoms with Crippen LogP contribution in [-0.4, -0.2) is 73.3 Å².